The van der Waals surface area contributed by atoms with Crippen LogP contribution in [0.5, 0.6) is 0 Å². The summed E-state index contributed by atoms with van der Waals surface area (Å²) in [5, 5.41) is 8.04. The fourth-order valence-corrected chi connectivity index (χ4v) is 2.17. The molecule has 0 radical (unpaired) electrons. The van der Waals surface area contributed by atoms with Crippen LogP contribution in [0.25, 0.3) is 5.69 Å². The van der Waals surface area contributed by atoms with E-state index < -0.39 is 0 Å². The molecule has 0 bridgehead atoms. The highest BCUT2D eigenvalue weighted by Crippen LogP contribution is 2.24. The van der Waals surface area contributed by atoms with Crippen molar-refractivity contribution in [3.63, 3.8) is 0 Å². The topological polar surface area (TPSA) is 56.1 Å². The highest BCUT2D eigenvalue weighted by molar-refractivity contribution is 6.42. The van der Waals surface area contributed by atoms with Gasteiger partial charge in [-0.2, -0.15) is 5.10 Å². The van der Waals surface area contributed by atoms with Crippen molar-refractivity contribution in [2.24, 2.45) is 0 Å². The second-order valence-corrected chi connectivity index (χ2v) is 5.71. The van der Waals surface area contributed by atoms with Gasteiger partial charge in [-0.25, -0.2) is 4.68 Å². The average molecular weight is 342 g/mol. The zero-order valence-corrected chi connectivity index (χ0v) is 13.9. The van der Waals surface area contributed by atoms with E-state index in [-0.39, 0.29) is 11.9 Å². The monoisotopic (exact) mass is 341 g/mol. The average Bonchev–Trinajstić information content (AvgIpc) is 2.98. The summed E-state index contributed by atoms with van der Waals surface area (Å²) in [6.45, 7) is 2.52. The second-order valence-electron chi connectivity index (χ2n) is 4.90. The first-order valence-corrected chi connectivity index (χ1v) is 7.57. The maximum atomic E-state index is 12.1. The van der Waals surface area contributed by atoms with E-state index in [9.17, 15) is 4.79 Å². The summed E-state index contributed by atoms with van der Waals surface area (Å²) in [5.74, 6) is -0.220. The molecule has 0 aliphatic rings. The van der Waals surface area contributed by atoms with Gasteiger partial charge in [0.05, 0.1) is 15.7 Å². The predicted molar refractivity (Wildman–Crippen MR) is 87.0 cm³/mol. The number of aromatic nitrogens is 2. The van der Waals surface area contributed by atoms with Gasteiger partial charge in [0.25, 0.3) is 5.91 Å². The molecule has 1 N–H and O–H groups in total. The van der Waals surface area contributed by atoms with Crippen LogP contribution in [0.2, 0.25) is 10.0 Å². The molecule has 5 nitrogen and oxygen atoms in total. The molecule has 1 aromatic carbocycles. The quantitative estimate of drug-likeness (QED) is 0.876. The number of methoxy groups -OCH3 is 1. The smallest absolute Gasteiger partial charge is 0.271 e. The fraction of sp³-hybridized carbons (Fsp3) is 0.333. The third-order valence-corrected chi connectivity index (χ3v) is 3.86. The van der Waals surface area contributed by atoms with E-state index in [4.69, 9.17) is 27.9 Å². The van der Waals surface area contributed by atoms with Gasteiger partial charge >= 0.3 is 0 Å². The number of rotatable bonds is 6. The van der Waals surface area contributed by atoms with Gasteiger partial charge in [-0.05, 0) is 37.6 Å². The van der Waals surface area contributed by atoms with Crippen molar-refractivity contribution in [1.29, 1.82) is 0 Å². The van der Waals surface area contributed by atoms with E-state index >= 15 is 0 Å². The van der Waals surface area contributed by atoms with Gasteiger partial charge in [-0.15, -0.1) is 0 Å². The maximum Gasteiger partial charge on any atom is 0.271 e. The first kappa shape index (κ1) is 16.8. The van der Waals surface area contributed by atoms with E-state index in [2.05, 4.69) is 10.4 Å². The van der Waals surface area contributed by atoms with Crippen molar-refractivity contribution in [2.45, 2.75) is 19.4 Å². The molecule has 0 spiro atoms. The van der Waals surface area contributed by atoms with Crippen LogP contribution >= 0.6 is 23.2 Å². The third kappa shape index (κ3) is 4.22. The fourth-order valence-electron chi connectivity index (χ4n) is 1.88. The lowest BCUT2D eigenvalue weighted by Gasteiger charge is -2.11. The standard InChI is InChI=1S/C15H17Cl2N3O2/c1-10(6-8-22-2)18-15(21)14-5-7-20(19-14)11-3-4-12(16)13(17)9-11/h3-5,7,9-10H,6,8H2,1-2H3,(H,18,21). The Bertz CT molecular complexity index is 658. The van der Waals surface area contributed by atoms with Crippen LogP contribution in [0.3, 0.4) is 0 Å². The molecule has 118 valence electrons. The lowest BCUT2D eigenvalue weighted by Crippen LogP contribution is -2.33. The van der Waals surface area contributed by atoms with Gasteiger partial charge in [0, 0.05) is 26.0 Å². The molecular weight excluding hydrogens is 325 g/mol. The highest BCUT2D eigenvalue weighted by Gasteiger charge is 2.13. The molecule has 0 saturated heterocycles. The molecule has 1 atom stereocenters. The van der Waals surface area contributed by atoms with Crippen molar-refractivity contribution < 1.29 is 9.53 Å². The second kappa shape index (κ2) is 7.63. The lowest BCUT2D eigenvalue weighted by atomic mass is 10.2. The van der Waals surface area contributed by atoms with Crippen LogP contribution in [0.4, 0.5) is 0 Å². The Balaban J connectivity index is 2.07. The van der Waals surface area contributed by atoms with Crippen LogP contribution in [0.15, 0.2) is 30.5 Å². The number of carbonyl (C=O) groups is 1. The Labute approximate surface area is 139 Å². The normalized spacial score (nSPS) is 12.2. The summed E-state index contributed by atoms with van der Waals surface area (Å²) in [5.41, 5.74) is 1.08. The maximum absolute atomic E-state index is 12.1. The van der Waals surface area contributed by atoms with Crippen molar-refractivity contribution in [3.8, 4) is 5.69 Å². The minimum Gasteiger partial charge on any atom is -0.385 e. The number of benzene rings is 1. The molecule has 22 heavy (non-hydrogen) atoms. The molecule has 2 aromatic rings. The van der Waals surface area contributed by atoms with Crippen LogP contribution in [-0.2, 0) is 4.74 Å². The first-order chi connectivity index (χ1) is 10.5. The van der Waals surface area contributed by atoms with E-state index in [0.717, 1.165) is 12.1 Å². The van der Waals surface area contributed by atoms with Gasteiger partial charge in [-0.1, -0.05) is 23.2 Å². The van der Waals surface area contributed by atoms with Gasteiger partial charge < -0.3 is 10.1 Å². The van der Waals surface area contributed by atoms with E-state index in [1.807, 2.05) is 6.92 Å². The number of carbonyl (C=O) groups excluding carboxylic acids is 1. The zero-order valence-electron chi connectivity index (χ0n) is 12.3. The van der Waals surface area contributed by atoms with E-state index in [0.29, 0.717) is 22.3 Å². The molecule has 7 heteroatoms. The van der Waals surface area contributed by atoms with Crippen molar-refractivity contribution in [3.05, 3.63) is 46.2 Å². The van der Waals surface area contributed by atoms with Crippen LogP contribution in [-0.4, -0.2) is 35.4 Å². The van der Waals surface area contributed by atoms with Crippen LogP contribution in [0.1, 0.15) is 23.8 Å². The first-order valence-electron chi connectivity index (χ1n) is 6.82. The van der Waals surface area contributed by atoms with Crippen molar-refractivity contribution >= 4 is 29.1 Å². The van der Waals surface area contributed by atoms with Crippen LogP contribution < -0.4 is 5.32 Å². The highest BCUT2D eigenvalue weighted by atomic mass is 35.5. The summed E-state index contributed by atoms with van der Waals surface area (Å²) in [6.07, 6.45) is 2.45. The Kier molecular flexibility index (Phi) is 5.83. The molecular formula is C15H17Cl2N3O2. The number of hydrogen-bond acceptors (Lipinski definition) is 3. The SMILES string of the molecule is COCCC(C)NC(=O)c1ccn(-c2ccc(Cl)c(Cl)c2)n1. The molecule has 1 aromatic heterocycles. The summed E-state index contributed by atoms with van der Waals surface area (Å²) in [4.78, 5) is 12.1. The summed E-state index contributed by atoms with van der Waals surface area (Å²) < 4.78 is 6.57. The van der Waals surface area contributed by atoms with E-state index in [1.54, 1.807) is 42.3 Å². The molecule has 0 saturated carbocycles. The van der Waals surface area contributed by atoms with Gasteiger partial charge in [0.1, 0.15) is 0 Å². The van der Waals surface area contributed by atoms with E-state index in [1.165, 1.54) is 0 Å². The molecule has 1 heterocycles. The van der Waals surface area contributed by atoms with Gasteiger partial charge in [0.15, 0.2) is 5.69 Å². The molecule has 0 fully saturated rings. The molecule has 1 unspecified atom stereocenters. The molecule has 0 aliphatic heterocycles. The number of nitrogens with one attached hydrogen (secondary N) is 1. The van der Waals surface area contributed by atoms with Crippen molar-refractivity contribution in [2.75, 3.05) is 13.7 Å². The van der Waals surface area contributed by atoms with Crippen LogP contribution in [0, 0.1) is 0 Å². The number of ether oxygens (including phenoxy) is 1. The summed E-state index contributed by atoms with van der Waals surface area (Å²) >= 11 is 11.9. The largest absolute Gasteiger partial charge is 0.385 e. The minimum absolute atomic E-state index is 0.0163. The Morgan fingerprint density at radius 1 is 1.36 bits per heavy atom. The molecule has 2 rings (SSSR count). The Morgan fingerprint density at radius 3 is 2.82 bits per heavy atom. The lowest BCUT2D eigenvalue weighted by molar-refractivity contribution is 0.0924. The Morgan fingerprint density at radius 2 is 2.14 bits per heavy atom. The number of hydrogen-bond donors (Lipinski definition) is 1. The summed E-state index contributed by atoms with van der Waals surface area (Å²) in [6, 6.07) is 6.83. The van der Waals surface area contributed by atoms with Gasteiger partial charge in [-0.3, -0.25) is 4.79 Å². The zero-order chi connectivity index (χ0) is 16.1. The number of nitrogens with zero attached hydrogens (tertiary/aromatic N) is 2. The molecule has 0 aliphatic carbocycles. The number of amides is 1. The molecule has 1 amide bonds. The minimum atomic E-state index is -0.220. The number of halogens is 2. The summed E-state index contributed by atoms with van der Waals surface area (Å²) in [7, 11) is 1.63. The van der Waals surface area contributed by atoms with Crippen molar-refractivity contribution in [1.82, 2.24) is 15.1 Å². The third-order valence-electron chi connectivity index (χ3n) is 3.12. The Hall–Kier alpha value is -1.56. The predicted octanol–water partition coefficient (Wildman–Crippen LogP) is 3.33. The van der Waals surface area contributed by atoms with Gasteiger partial charge in [0.2, 0.25) is 0 Å².